The Morgan fingerprint density at radius 2 is 1.81 bits per heavy atom. The maximum Gasteiger partial charge on any atom is 0.336 e. The Bertz CT molecular complexity index is 1230. The van der Waals surface area contributed by atoms with Gasteiger partial charge < -0.3 is 19.5 Å². The third-order valence-electron chi connectivity index (χ3n) is 6.68. The minimum atomic E-state index is -0.635. The van der Waals surface area contributed by atoms with Gasteiger partial charge in [0, 0.05) is 34.0 Å². The first-order valence-corrected chi connectivity index (χ1v) is 12.5. The van der Waals surface area contributed by atoms with Crippen molar-refractivity contribution in [2.45, 2.75) is 45.4 Å². The summed E-state index contributed by atoms with van der Waals surface area (Å²) in [5.74, 6) is 0.130. The number of dihydropyridines is 1. The smallest absolute Gasteiger partial charge is 0.336 e. The zero-order valence-electron chi connectivity index (χ0n) is 21.3. The highest BCUT2D eigenvalue weighted by Crippen LogP contribution is 2.49. The minimum Gasteiger partial charge on any atom is -0.493 e. The van der Waals surface area contributed by atoms with E-state index in [0.29, 0.717) is 51.8 Å². The molecule has 1 N–H and O–H groups in total. The molecule has 36 heavy (non-hydrogen) atoms. The molecule has 1 heterocycles. The van der Waals surface area contributed by atoms with Crippen LogP contribution in [-0.2, 0) is 14.3 Å². The minimum absolute atomic E-state index is 0.0103. The maximum absolute atomic E-state index is 13.8. The molecule has 0 aromatic heterocycles. The third kappa shape index (κ3) is 5.00. The SMILES string of the molecule is COc1cccc([C@@H]2C(C(=O)OCC(C)C)=C(C)NC3=C2C(=O)C[C@H](c2ccc(Cl)cc2)C3)c1OC. The second-order valence-corrected chi connectivity index (χ2v) is 10.1. The van der Waals surface area contributed by atoms with E-state index in [4.69, 9.17) is 25.8 Å². The van der Waals surface area contributed by atoms with Crippen molar-refractivity contribution < 1.29 is 23.8 Å². The number of halogens is 1. The van der Waals surface area contributed by atoms with Crippen LogP contribution in [0, 0.1) is 5.92 Å². The third-order valence-corrected chi connectivity index (χ3v) is 6.93. The molecule has 0 amide bonds. The fraction of sp³-hybridized carbons (Fsp3) is 0.379. The first kappa shape index (κ1) is 25.8. The van der Waals surface area contributed by atoms with E-state index in [2.05, 4.69) is 5.32 Å². The molecular formula is C29H32ClNO5. The van der Waals surface area contributed by atoms with Crippen molar-refractivity contribution in [3.63, 3.8) is 0 Å². The molecule has 2 atom stereocenters. The van der Waals surface area contributed by atoms with Crippen LogP contribution in [0.2, 0.25) is 5.02 Å². The number of carbonyl (C=O) groups excluding carboxylic acids is 2. The Labute approximate surface area is 217 Å². The molecule has 2 aliphatic rings. The molecule has 0 bridgehead atoms. The Morgan fingerprint density at radius 1 is 1.08 bits per heavy atom. The van der Waals surface area contributed by atoms with Gasteiger partial charge in [-0.3, -0.25) is 4.79 Å². The molecule has 7 heteroatoms. The van der Waals surface area contributed by atoms with Crippen LogP contribution in [0.3, 0.4) is 0 Å². The van der Waals surface area contributed by atoms with E-state index in [1.165, 1.54) is 0 Å². The number of para-hydroxylation sites is 1. The van der Waals surface area contributed by atoms with Gasteiger partial charge in [-0.2, -0.15) is 0 Å². The zero-order chi connectivity index (χ0) is 26.0. The van der Waals surface area contributed by atoms with Gasteiger partial charge in [-0.1, -0.05) is 49.7 Å². The van der Waals surface area contributed by atoms with Crippen molar-refractivity contribution in [1.29, 1.82) is 0 Å². The van der Waals surface area contributed by atoms with Crippen LogP contribution in [0.4, 0.5) is 0 Å². The highest BCUT2D eigenvalue weighted by molar-refractivity contribution is 6.30. The Morgan fingerprint density at radius 3 is 2.44 bits per heavy atom. The molecular weight excluding hydrogens is 478 g/mol. The lowest BCUT2D eigenvalue weighted by Gasteiger charge is -2.37. The Hall–Kier alpha value is -3.25. The lowest BCUT2D eigenvalue weighted by Crippen LogP contribution is -2.36. The summed E-state index contributed by atoms with van der Waals surface area (Å²) >= 11 is 6.08. The summed E-state index contributed by atoms with van der Waals surface area (Å²) in [7, 11) is 3.13. The zero-order valence-corrected chi connectivity index (χ0v) is 22.1. The molecule has 2 aromatic rings. The number of hydrogen-bond donors (Lipinski definition) is 1. The molecule has 0 spiro atoms. The summed E-state index contributed by atoms with van der Waals surface area (Å²) in [6, 6.07) is 13.1. The quantitative estimate of drug-likeness (QED) is 0.467. The number of benzene rings is 2. The van der Waals surface area contributed by atoms with Crippen LogP contribution in [0.25, 0.3) is 0 Å². The van der Waals surface area contributed by atoms with Crippen molar-refractivity contribution in [2.24, 2.45) is 5.92 Å². The molecule has 6 nitrogen and oxygen atoms in total. The van der Waals surface area contributed by atoms with Gasteiger partial charge in [-0.15, -0.1) is 0 Å². The fourth-order valence-corrected chi connectivity index (χ4v) is 5.18. The first-order chi connectivity index (χ1) is 17.2. The van der Waals surface area contributed by atoms with Crippen molar-refractivity contribution in [2.75, 3.05) is 20.8 Å². The van der Waals surface area contributed by atoms with Crippen molar-refractivity contribution in [3.05, 3.63) is 81.2 Å². The summed E-state index contributed by atoms with van der Waals surface area (Å²) in [5.41, 5.74) is 4.23. The van der Waals surface area contributed by atoms with E-state index < -0.39 is 11.9 Å². The number of Topliss-reactive ketones (excluding diaryl/α,β-unsaturated/α-hetero) is 1. The standard InChI is InChI=1S/C29H32ClNO5/c1-16(2)15-36-29(33)25-17(3)31-22-13-19(18-9-11-20(30)12-10-18)14-23(32)27(22)26(25)21-7-6-8-24(34-4)28(21)35-5/h6-12,16,19,26,31H,13-15H2,1-5H3/t19-,26-/m1/s1. The molecule has 1 aliphatic carbocycles. The highest BCUT2D eigenvalue weighted by atomic mass is 35.5. The number of nitrogens with one attached hydrogen (secondary N) is 1. The molecule has 4 rings (SSSR count). The van der Waals surface area contributed by atoms with Crippen LogP contribution >= 0.6 is 11.6 Å². The molecule has 0 unspecified atom stereocenters. The summed E-state index contributed by atoms with van der Waals surface area (Å²) in [6.45, 7) is 6.11. The lowest BCUT2D eigenvalue weighted by molar-refractivity contribution is -0.140. The highest BCUT2D eigenvalue weighted by Gasteiger charge is 2.42. The average Bonchev–Trinajstić information content (AvgIpc) is 2.86. The molecule has 2 aromatic carbocycles. The molecule has 0 radical (unpaired) electrons. The predicted molar refractivity (Wildman–Crippen MR) is 139 cm³/mol. The van der Waals surface area contributed by atoms with Crippen LogP contribution in [0.15, 0.2) is 65.0 Å². The largest absolute Gasteiger partial charge is 0.493 e. The second kappa shape index (κ2) is 10.8. The lowest BCUT2D eigenvalue weighted by atomic mass is 9.71. The number of allylic oxidation sites excluding steroid dienone is 3. The van der Waals surface area contributed by atoms with Crippen molar-refractivity contribution in [1.82, 2.24) is 5.32 Å². The van der Waals surface area contributed by atoms with E-state index in [9.17, 15) is 9.59 Å². The van der Waals surface area contributed by atoms with Crippen LogP contribution < -0.4 is 14.8 Å². The van der Waals surface area contributed by atoms with E-state index in [1.54, 1.807) is 20.3 Å². The number of hydrogen-bond acceptors (Lipinski definition) is 6. The number of ketones is 1. The maximum atomic E-state index is 13.8. The van der Waals surface area contributed by atoms with Crippen LogP contribution in [-0.4, -0.2) is 32.6 Å². The van der Waals surface area contributed by atoms with Crippen LogP contribution in [0.1, 0.15) is 56.6 Å². The second-order valence-electron chi connectivity index (χ2n) is 9.64. The van der Waals surface area contributed by atoms with Crippen LogP contribution in [0.5, 0.6) is 11.5 Å². The van der Waals surface area contributed by atoms with Gasteiger partial charge in [0.2, 0.25) is 0 Å². The topological polar surface area (TPSA) is 73.9 Å². The number of rotatable bonds is 7. The molecule has 0 saturated carbocycles. The molecule has 0 fully saturated rings. The van der Waals surface area contributed by atoms with E-state index in [1.807, 2.05) is 57.2 Å². The van der Waals surface area contributed by atoms with Gasteiger partial charge in [-0.05, 0) is 48.9 Å². The first-order valence-electron chi connectivity index (χ1n) is 12.1. The molecule has 190 valence electrons. The van der Waals surface area contributed by atoms with Gasteiger partial charge in [0.1, 0.15) is 0 Å². The Kier molecular flexibility index (Phi) is 7.74. The Balaban J connectivity index is 1.83. The predicted octanol–water partition coefficient (Wildman–Crippen LogP) is 5.92. The van der Waals surface area contributed by atoms with Gasteiger partial charge in [-0.25, -0.2) is 4.79 Å². The normalized spacial score (nSPS) is 19.7. The monoisotopic (exact) mass is 509 g/mol. The summed E-state index contributed by atoms with van der Waals surface area (Å²) in [6.07, 6.45) is 0.968. The van der Waals surface area contributed by atoms with Gasteiger partial charge in [0.25, 0.3) is 0 Å². The summed E-state index contributed by atoms with van der Waals surface area (Å²) < 4.78 is 16.9. The van der Waals surface area contributed by atoms with E-state index in [0.717, 1.165) is 11.3 Å². The number of carbonyl (C=O) groups is 2. The van der Waals surface area contributed by atoms with Gasteiger partial charge in [0.15, 0.2) is 17.3 Å². The summed E-state index contributed by atoms with van der Waals surface area (Å²) in [4.78, 5) is 27.2. The average molecular weight is 510 g/mol. The fourth-order valence-electron chi connectivity index (χ4n) is 5.05. The molecule has 0 saturated heterocycles. The molecule has 1 aliphatic heterocycles. The van der Waals surface area contributed by atoms with E-state index in [-0.39, 0.29) is 24.2 Å². The van der Waals surface area contributed by atoms with Gasteiger partial charge >= 0.3 is 5.97 Å². The van der Waals surface area contributed by atoms with Gasteiger partial charge in [0.05, 0.1) is 32.3 Å². The number of esters is 1. The number of methoxy groups -OCH3 is 2. The van der Waals surface area contributed by atoms with E-state index >= 15 is 0 Å². The number of ether oxygens (including phenoxy) is 3. The van der Waals surface area contributed by atoms with Crippen molar-refractivity contribution >= 4 is 23.4 Å². The summed E-state index contributed by atoms with van der Waals surface area (Å²) in [5, 5.41) is 4.04. The van der Waals surface area contributed by atoms with Crippen molar-refractivity contribution in [3.8, 4) is 11.5 Å².